The van der Waals surface area contributed by atoms with Gasteiger partial charge in [-0.25, -0.2) is 4.98 Å². The second-order valence-corrected chi connectivity index (χ2v) is 9.37. The number of fused-ring (bicyclic) bond motifs is 1. The number of carbonyl (C=O) groups excluding carboxylic acids is 1. The summed E-state index contributed by atoms with van der Waals surface area (Å²) in [5.41, 5.74) is 4.85. The lowest BCUT2D eigenvalue weighted by Crippen LogP contribution is -2.44. The van der Waals surface area contributed by atoms with Crippen molar-refractivity contribution >= 4 is 27.5 Å². The van der Waals surface area contributed by atoms with Gasteiger partial charge < -0.3 is 10.1 Å². The Hall–Kier alpha value is -3.03. The van der Waals surface area contributed by atoms with Crippen molar-refractivity contribution in [2.75, 3.05) is 13.2 Å². The number of pyridine rings is 1. The maximum absolute atomic E-state index is 13.0. The van der Waals surface area contributed by atoms with Crippen LogP contribution in [-0.4, -0.2) is 39.9 Å². The summed E-state index contributed by atoms with van der Waals surface area (Å²) >= 11 is 1.57. The van der Waals surface area contributed by atoms with Gasteiger partial charge in [0, 0.05) is 36.8 Å². The molecule has 1 saturated heterocycles. The molecule has 1 N–H and O–H groups in total. The number of amides is 1. The number of benzene rings is 1. The van der Waals surface area contributed by atoms with Gasteiger partial charge in [-0.2, -0.15) is 5.10 Å². The number of ether oxygens (including phenoxy) is 1. The topological polar surface area (TPSA) is 69.0 Å². The van der Waals surface area contributed by atoms with Gasteiger partial charge in [0.2, 0.25) is 0 Å². The van der Waals surface area contributed by atoms with E-state index in [4.69, 9.17) is 4.74 Å². The first-order valence-corrected chi connectivity index (χ1v) is 11.8. The van der Waals surface area contributed by atoms with Crippen molar-refractivity contribution in [2.45, 2.75) is 25.8 Å². The number of thiophene rings is 1. The zero-order valence-electron chi connectivity index (χ0n) is 18.2. The van der Waals surface area contributed by atoms with Gasteiger partial charge in [-0.3, -0.25) is 9.48 Å². The molecule has 2 unspecified atom stereocenters. The van der Waals surface area contributed by atoms with Crippen LogP contribution >= 0.6 is 11.3 Å². The first-order valence-electron chi connectivity index (χ1n) is 10.9. The fraction of sp³-hybridized carbons (Fsp3) is 0.320. The smallest absolute Gasteiger partial charge is 0.270 e. The van der Waals surface area contributed by atoms with Crippen LogP contribution in [0.15, 0.2) is 54.0 Å². The summed E-state index contributed by atoms with van der Waals surface area (Å²) in [7, 11) is 1.92. The summed E-state index contributed by atoms with van der Waals surface area (Å²) in [6.45, 7) is 3.48. The molecule has 32 heavy (non-hydrogen) atoms. The molecule has 0 bridgehead atoms. The quantitative estimate of drug-likeness (QED) is 0.492. The lowest BCUT2D eigenvalue weighted by atomic mass is 9.97. The van der Waals surface area contributed by atoms with Crippen molar-refractivity contribution in [1.82, 2.24) is 20.1 Å². The normalized spacial score (nSPS) is 18.7. The number of rotatable bonds is 5. The third-order valence-corrected chi connectivity index (χ3v) is 6.88. The van der Waals surface area contributed by atoms with Gasteiger partial charge in [-0.15, -0.1) is 11.3 Å². The molecule has 2 atom stereocenters. The van der Waals surface area contributed by atoms with E-state index in [1.165, 1.54) is 5.56 Å². The number of aryl methyl sites for hydroxylation is 1. The molecular weight excluding hydrogens is 420 g/mol. The molecule has 1 aliphatic heterocycles. The third-order valence-electron chi connectivity index (χ3n) is 6.07. The number of carbonyl (C=O) groups is 1. The number of nitrogens with one attached hydrogen (secondary N) is 1. The minimum absolute atomic E-state index is 0.106. The van der Waals surface area contributed by atoms with Crippen LogP contribution in [0.1, 0.15) is 35.0 Å². The Morgan fingerprint density at radius 1 is 1.25 bits per heavy atom. The van der Waals surface area contributed by atoms with Crippen molar-refractivity contribution in [3.05, 3.63) is 70.9 Å². The predicted octanol–water partition coefficient (Wildman–Crippen LogP) is 4.44. The minimum Gasteiger partial charge on any atom is -0.381 e. The van der Waals surface area contributed by atoms with Crippen LogP contribution in [0.2, 0.25) is 0 Å². The van der Waals surface area contributed by atoms with E-state index in [1.54, 1.807) is 16.0 Å². The van der Waals surface area contributed by atoms with Crippen molar-refractivity contribution in [3.8, 4) is 11.3 Å². The molecule has 6 nitrogen and oxygen atoms in total. The molecule has 0 saturated carbocycles. The molecule has 164 valence electrons. The van der Waals surface area contributed by atoms with E-state index >= 15 is 0 Å². The van der Waals surface area contributed by atoms with Crippen molar-refractivity contribution < 1.29 is 9.53 Å². The Morgan fingerprint density at radius 3 is 2.84 bits per heavy atom. The first-order chi connectivity index (χ1) is 15.6. The summed E-state index contributed by atoms with van der Waals surface area (Å²) in [6.07, 6.45) is 3.52. The van der Waals surface area contributed by atoms with E-state index in [2.05, 4.69) is 52.7 Å². The number of aromatic nitrogens is 3. The monoisotopic (exact) mass is 446 g/mol. The molecule has 4 aromatic rings. The SMILES string of the molecule is CC1COCCC1NC(=O)c1cc(Cc2ccc(-c3ccn(C)n3)cc2)c2ccsc2n1. The van der Waals surface area contributed by atoms with E-state index < -0.39 is 0 Å². The van der Waals surface area contributed by atoms with Crippen LogP contribution in [0.5, 0.6) is 0 Å². The fourth-order valence-electron chi connectivity index (χ4n) is 4.20. The maximum Gasteiger partial charge on any atom is 0.270 e. The molecule has 0 aliphatic carbocycles. The van der Waals surface area contributed by atoms with E-state index in [0.717, 1.165) is 39.9 Å². The summed E-state index contributed by atoms with van der Waals surface area (Å²) < 4.78 is 7.31. The maximum atomic E-state index is 13.0. The molecule has 4 heterocycles. The highest BCUT2D eigenvalue weighted by Gasteiger charge is 2.25. The largest absolute Gasteiger partial charge is 0.381 e. The zero-order chi connectivity index (χ0) is 22.1. The Morgan fingerprint density at radius 2 is 2.09 bits per heavy atom. The van der Waals surface area contributed by atoms with Gasteiger partial charge in [0.1, 0.15) is 10.5 Å². The highest BCUT2D eigenvalue weighted by Crippen LogP contribution is 2.27. The Bertz CT molecular complexity index is 1240. The van der Waals surface area contributed by atoms with Crippen LogP contribution < -0.4 is 5.32 Å². The molecule has 1 amide bonds. The average Bonchev–Trinajstić information content (AvgIpc) is 3.45. The summed E-state index contributed by atoms with van der Waals surface area (Å²) in [5, 5.41) is 10.8. The van der Waals surface area contributed by atoms with Crippen molar-refractivity contribution in [3.63, 3.8) is 0 Å². The van der Waals surface area contributed by atoms with Crippen molar-refractivity contribution in [1.29, 1.82) is 0 Å². The van der Waals surface area contributed by atoms with Crippen LogP contribution in [0.3, 0.4) is 0 Å². The van der Waals surface area contributed by atoms with Crippen LogP contribution in [0, 0.1) is 5.92 Å². The molecule has 1 aliphatic rings. The zero-order valence-corrected chi connectivity index (χ0v) is 19.1. The van der Waals surface area contributed by atoms with E-state index in [0.29, 0.717) is 24.8 Å². The number of nitrogens with zero attached hydrogens (tertiary/aromatic N) is 3. The molecule has 3 aromatic heterocycles. The second-order valence-electron chi connectivity index (χ2n) is 8.48. The van der Waals surface area contributed by atoms with Gasteiger partial charge in [0.25, 0.3) is 5.91 Å². The van der Waals surface area contributed by atoms with E-state index in [1.807, 2.05) is 30.8 Å². The van der Waals surface area contributed by atoms with Gasteiger partial charge in [0.05, 0.1) is 12.3 Å². The van der Waals surface area contributed by atoms with E-state index in [9.17, 15) is 4.79 Å². The molecule has 5 rings (SSSR count). The van der Waals surface area contributed by atoms with Crippen molar-refractivity contribution in [2.24, 2.45) is 13.0 Å². The van der Waals surface area contributed by atoms with Gasteiger partial charge in [-0.05, 0) is 53.5 Å². The van der Waals surface area contributed by atoms with Crippen LogP contribution in [0.25, 0.3) is 21.5 Å². The van der Waals surface area contributed by atoms with Gasteiger partial charge in [-0.1, -0.05) is 31.2 Å². The number of hydrogen-bond donors (Lipinski definition) is 1. The predicted molar refractivity (Wildman–Crippen MR) is 127 cm³/mol. The average molecular weight is 447 g/mol. The highest BCUT2D eigenvalue weighted by atomic mass is 32.1. The second kappa shape index (κ2) is 8.84. The first kappa shape index (κ1) is 20.8. The van der Waals surface area contributed by atoms with Crippen LogP contribution in [0.4, 0.5) is 0 Å². The van der Waals surface area contributed by atoms with Crippen LogP contribution in [-0.2, 0) is 18.2 Å². The molecule has 0 spiro atoms. The fourth-order valence-corrected chi connectivity index (χ4v) is 5.01. The number of hydrogen-bond acceptors (Lipinski definition) is 5. The Kier molecular flexibility index (Phi) is 5.76. The standard InChI is InChI=1S/C25H26N4O2S/c1-16-15-31-11-8-21(16)26-24(30)23-14-19(20-9-12-32-25(20)27-23)13-17-3-5-18(6-4-17)22-7-10-29(2)28-22/h3-7,9-10,12,14,16,21H,8,11,13,15H2,1-2H3,(H,26,30). The Labute approximate surface area is 191 Å². The lowest BCUT2D eigenvalue weighted by molar-refractivity contribution is 0.0374. The molecular formula is C25H26N4O2S. The van der Waals surface area contributed by atoms with E-state index in [-0.39, 0.29) is 11.9 Å². The summed E-state index contributed by atoms with van der Waals surface area (Å²) in [4.78, 5) is 18.6. The molecule has 1 aromatic carbocycles. The Balaban J connectivity index is 1.39. The lowest BCUT2D eigenvalue weighted by Gasteiger charge is -2.29. The third kappa shape index (κ3) is 4.31. The minimum atomic E-state index is -0.106. The van der Waals surface area contributed by atoms with Gasteiger partial charge in [0.15, 0.2) is 0 Å². The summed E-state index contributed by atoms with van der Waals surface area (Å²) in [6, 6.07) is 14.6. The molecule has 7 heteroatoms. The van der Waals surface area contributed by atoms with Gasteiger partial charge >= 0.3 is 0 Å². The molecule has 0 radical (unpaired) electrons. The highest BCUT2D eigenvalue weighted by molar-refractivity contribution is 7.16. The summed E-state index contributed by atoms with van der Waals surface area (Å²) in [5.74, 6) is 0.195. The molecule has 1 fully saturated rings.